The van der Waals surface area contributed by atoms with E-state index in [0.29, 0.717) is 23.9 Å². The van der Waals surface area contributed by atoms with Crippen LogP contribution in [-0.4, -0.2) is 79.7 Å². The van der Waals surface area contributed by atoms with Gasteiger partial charge < -0.3 is 19.3 Å². The largest absolute Gasteiger partial charge is 0.492 e. The van der Waals surface area contributed by atoms with Gasteiger partial charge in [0.2, 0.25) is 0 Å². The zero-order chi connectivity index (χ0) is 22.2. The monoisotopic (exact) mass is 460 g/mol. The molecule has 2 aliphatic rings. The summed E-state index contributed by atoms with van der Waals surface area (Å²) in [6, 6.07) is 15.4. The molecule has 7 heteroatoms. The van der Waals surface area contributed by atoms with Gasteiger partial charge in [-0.3, -0.25) is 9.80 Å². The first-order valence-corrected chi connectivity index (χ1v) is 11.8. The number of benzene rings is 2. The predicted octanol–water partition coefficient (Wildman–Crippen LogP) is 3.46. The molecule has 0 saturated carbocycles. The summed E-state index contributed by atoms with van der Waals surface area (Å²) in [5.41, 5.74) is 0.106. The van der Waals surface area contributed by atoms with Crippen LogP contribution in [0.4, 0.5) is 0 Å². The molecule has 2 aromatic carbocycles. The number of hydrogen-bond acceptors (Lipinski definition) is 6. The zero-order valence-electron chi connectivity index (χ0n) is 18.5. The van der Waals surface area contributed by atoms with Crippen LogP contribution >= 0.6 is 11.6 Å². The molecule has 6 nitrogen and oxygen atoms in total. The van der Waals surface area contributed by atoms with E-state index >= 15 is 0 Å². The molecule has 32 heavy (non-hydrogen) atoms. The van der Waals surface area contributed by atoms with Gasteiger partial charge in [0, 0.05) is 31.2 Å². The molecule has 0 radical (unpaired) electrons. The van der Waals surface area contributed by atoms with E-state index < -0.39 is 5.60 Å². The molecule has 0 aromatic heterocycles. The van der Waals surface area contributed by atoms with Gasteiger partial charge in [-0.2, -0.15) is 0 Å². The van der Waals surface area contributed by atoms with E-state index in [-0.39, 0.29) is 13.2 Å². The van der Waals surface area contributed by atoms with Gasteiger partial charge in [0.15, 0.2) is 0 Å². The number of β-amino-alcohol motifs (C(OH)–C–C–N with tert-alkyl or cyclic N) is 1. The second-order valence-electron chi connectivity index (χ2n) is 8.77. The molecule has 0 bridgehead atoms. The van der Waals surface area contributed by atoms with Gasteiger partial charge in [0.1, 0.15) is 30.3 Å². The standard InChI is InChI=1S/C25H33ClN2O4/c26-22-5-9-24(10-6-22)32-20-25(29)18-28(13-15-30-19-25)17-21-3-7-23(8-4-21)31-16-14-27-11-1-2-12-27/h3-10,29H,1-2,11-20H2/t25-/m0/s1. The first-order valence-electron chi connectivity index (χ1n) is 11.4. The van der Waals surface area contributed by atoms with Crippen molar-refractivity contribution in [3.05, 3.63) is 59.1 Å². The minimum atomic E-state index is -1.07. The molecule has 174 valence electrons. The molecule has 2 saturated heterocycles. The third kappa shape index (κ3) is 7.09. The van der Waals surface area contributed by atoms with Crippen LogP contribution in [0.1, 0.15) is 18.4 Å². The number of likely N-dealkylation sites (tertiary alicyclic amines) is 1. The highest BCUT2D eigenvalue weighted by atomic mass is 35.5. The molecule has 0 spiro atoms. The van der Waals surface area contributed by atoms with Gasteiger partial charge in [0.05, 0.1) is 13.2 Å². The number of rotatable bonds is 9. The second-order valence-corrected chi connectivity index (χ2v) is 9.21. The minimum Gasteiger partial charge on any atom is -0.492 e. The van der Waals surface area contributed by atoms with Crippen molar-refractivity contribution in [2.45, 2.75) is 25.0 Å². The first-order chi connectivity index (χ1) is 15.6. The predicted molar refractivity (Wildman–Crippen MR) is 126 cm³/mol. The van der Waals surface area contributed by atoms with Gasteiger partial charge in [-0.25, -0.2) is 0 Å². The molecule has 2 aliphatic heterocycles. The van der Waals surface area contributed by atoms with Crippen molar-refractivity contribution >= 4 is 11.6 Å². The molecule has 4 rings (SSSR count). The highest BCUT2D eigenvalue weighted by Gasteiger charge is 2.33. The highest BCUT2D eigenvalue weighted by molar-refractivity contribution is 6.30. The van der Waals surface area contributed by atoms with E-state index in [1.807, 2.05) is 12.1 Å². The van der Waals surface area contributed by atoms with Crippen LogP contribution in [0.25, 0.3) is 0 Å². The number of halogens is 1. The zero-order valence-corrected chi connectivity index (χ0v) is 19.3. The fraction of sp³-hybridized carbons (Fsp3) is 0.520. The van der Waals surface area contributed by atoms with E-state index in [9.17, 15) is 5.11 Å². The lowest BCUT2D eigenvalue weighted by Crippen LogP contribution is -2.48. The molecule has 1 N–H and O–H groups in total. The first kappa shape index (κ1) is 23.3. The molecule has 2 heterocycles. The smallest absolute Gasteiger partial charge is 0.134 e. The van der Waals surface area contributed by atoms with E-state index in [1.54, 1.807) is 24.3 Å². The maximum atomic E-state index is 11.1. The number of hydrogen-bond donors (Lipinski definition) is 1. The molecular formula is C25H33ClN2O4. The Labute approximate surface area is 195 Å². The van der Waals surface area contributed by atoms with Gasteiger partial charge in [-0.15, -0.1) is 0 Å². The Bertz CT molecular complexity index is 827. The summed E-state index contributed by atoms with van der Waals surface area (Å²) < 4.78 is 17.4. The maximum absolute atomic E-state index is 11.1. The molecule has 0 amide bonds. The lowest BCUT2D eigenvalue weighted by Gasteiger charge is -2.30. The molecule has 1 atom stereocenters. The molecule has 0 aliphatic carbocycles. The Kier molecular flexibility index (Phi) is 8.27. The SMILES string of the molecule is O[C@]1(COc2ccc(Cl)cc2)COCCN(Cc2ccc(OCCN3CCCC3)cc2)C1. The summed E-state index contributed by atoms with van der Waals surface area (Å²) in [6.07, 6.45) is 2.61. The van der Waals surface area contributed by atoms with Crippen LogP contribution in [-0.2, 0) is 11.3 Å². The van der Waals surface area contributed by atoms with Crippen LogP contribution in [0.15, 0.2) is 48.5 Å². The van der Waals surface area contributed by atoms with E-state index in [4.69, 9.17) is 25.8 Å². The van der Waals surface area contributed by atoms with Crippen LogP contribution < -0.4 is 9.47 Å². The Hall–Kier alpha value is -1.83. The van der Waals surface area contributed by atoms with Crippen molar-refractivity contribution in [2.75, 3.05) is 59.2 Å². The van der Waals surface area contributed by atoms with Crippen LogP contribution in [0.3, 0.4) is 0 Å². The van der Waals surface area contributed by atoms with Gasteiger partial charge in [-0.1, -0.05) is 23.7 Å². The quantitative estimate of drug-likeness (QED) is 0.618. The number of ether oxygens (including phenoxy) is 3. The Balaban J connectivity index is 1.26. The van der Waals surface area contributed by atoms with Crippen molar-refractivity contribution in [1.29, 1.82) is 0 Å². The Morgan fingerprint density at radius 1 is 0.906 bits per heavy atom. The minimum absolute atomic E-state index is 0.162. The van der Waals surface area contributed by atoms with Crippen LogP contribution in [0.5, 0.6) is 11.5 Å². The van der Waals surface area contributed by atoms with Crippen molar-refractivity contribution in [3.63, 3.8) is 0 Å². The Morgan fingerprint density at radius 2 is 1.59 bits per heavy atom. The third-order valence-electron chi connectivity index (χ3n) is 5.97. The average Bonchev–Trinajstić information content (AvgIpc) is 3.24. The van der Waals surface area contributed by atoms with Crippen LogP contribution in [0.2, 0.25) is 5.02 Å². The van der Waals surface area contributed by atoms with Crippen molar-refractivity contribution < 1.29 is 19.3 Å². The van der Waals surface area contributed by atoms with Crippen molar-refractivity contribution in [3.8, 4) is 11.5 Å². The third-order valence-corrected chi connectivity index (χ3v) is 6.22. The fourth-order valence-corrected chi connectivity index (χ4v) is 4.34. The van der Waals surface area contributed by atoms with Gasteiger partial charge in [-0.05, 0) is 67.9 Å². The normalized spacial score (nSPS) is 22.6. The molecule has 0 unspecified atom stereocenters. The highest BCUT2D eigenvalue weighted by Crippen LogP contribution is 2.21. The molecule has 2 fully saturated rings. The van der Waals surface area contributed by atoms with Crippen molar-refractivity contribution in [2.24, 2.45) is 0 Å². The van der Waals surface area contributed by atoms with Gasteiger partial charge >= 0.3 is 0 Å². The lowest BCUT2D eigenvalue weighted by molar-refractivity contribution is -0.0646. The van der Waals surface area contributed by atoms with E-state index in [2.05, 4.69) is 21.9 Å². The summed E-state index contributed by atoms with van der Waals surface area (Å²) in [7, 11) is 0. The lowest BCUT2D eigenvalue weighted by atomic mass is 10.1. The summed E-state index contributed by atoms with van der Waals surface area (Å²) in [5, 5.41) is 11.8. The average molecular weight is 461 g/mol. The van der Waals surface area contributed by atoms with E-state index in [0.717, 1.165) is 32.0 Å². The number of aliphatic hydroxyl groups is 1. The number of nitrogens with zero attached hydrogens (tertiary/aromatic N) is 2. The van der Waals surface area contributed by atoms with Crippen molar-refractivity contribution in [1.82, 2.24) is 9.80 Å². The summed E-state index contributed by atoms with van der Waals surface area (Å²) in [6.45, 7) is 7.08. The molecular weight excluding hydrogens is 428 g/mol. The van der Waals surface area contributed by atoms with E-state index in [1.165, 1.54) is 31.5 Å². The summed E-state index contributed by atoms with van der Waals surface area (Å²) in [5.74, 6) is 1.58. The molecule has 2 aromatic rings. The maximum Gasteiger partial charge on any atom is 0.134 e. The van der Waals surface area contributed by atoms with Crippen LogP contribution in [0, 0.1) is 0 Å². The fourth-order valence-electron chi connectivity index (χ4n) is 4.22. The topological polar surface area (TPSA) is 54.4 Å². The summed E-state index contributed by atoms with van der Waals surface area (Å²) in [4.78, 5) is 4.66. The Morgan fingerprint density at radius 3 is 2.34 bits per heavy atom. The van der Waals surface area contributed by atoms with Gasteiger partial charge in [0.25, 0.3) is 0 Å². The summed E-state index contributed by atoms with van der Waals surface area (Å²) >= 11 is 5.93. The second kappa shape index (κ2) is 11.3.